The van der Waals surface area contributed by atoms with E-state index in [9.17, 15) is 22.8 Å². The predicted molar refractivity (Wildman–Crippen MR) is 103 cm³/mol. The number of carbonyl (C=O) groups is 3. The van der Waals surface area contributed by atoms with Crippen molar-refractivity contribution in [2.75, 3.05) is 6.54 Å². The Labute approximate surface area is 169 Å². The number of benzene rings is 1. The maximum absolute atomic E-state index is 13.1. The lowest BCUT2D eigenvalue weighted by Crippen LogP contribution is -2.62. The van der Waals surface area contributed by atoms with Crippen molar-refractivity contribution in [3.8, 4) is 0 Å². The molecule has 0 radical (unpaired) electrons. The molecule has 1 aliphatic carbocycles. The van der Waals surface area contributed by atoms with E-state index in [1.807, 2.05) is 6.92 Å². The van der Waals surface area contributed by atoms with Gasteiger partial charge in [-0.2, -0.15) is 4.31 Å². The van der Waals surface area contributed by atoms with Crippen molar-refractivity contribution >= 4 is 27.9 Å². The molecule has 4 amide bonds. The number of imide groups is 1. The standard InChI is InChI=1S/C19H24N4O5S/c1-11-2-4-13(5-3-11)29(27,28)23-9-8-12-10-15(17(12)23)20-18(25)14-6-7-16(24)22-19(26)21-14/h2-5,12,14-15,17H,6-10H2,1H3,(H,20,25)(H2,21,22,24,26)/t12-,14?,15+,17-/m0/s1. The van der Waals surface area contributed by atoms with Crippen molar-refractivity contribution in [3.63, 3.8) is 0 Å². The second kappa shape index (κ2) is 7.42. The normalized spacial score (nSPS) is 29.8. The minimum atomic E-state index is -3.64. The minimum absolute atomic E-state index is 0.0709. The van der Waals surface area contributed by atoms with E-state index in [4.69, 9.17) is 0 Å². The Kier molecular flexibility index (Phi) is 5.07. The number of aryl methyl sites for hydroxylation is 1. The smallest absolute Gasteiger partial charge is 0.322 e. The molecule has 0 aromatic heterocycles. The van der Waals surface area contributed by atoms with Gasteiger partial charge in [0.2, 0.25) is 21.8 Å². The van der Waals surface area contributed by atoms with Crippen molar-refractivity contribution in [2.24, 2.45) is 5.92 Å². The summed E-state index contributed by atoms with van der Waals surface area (Å²) in [6.07, 6.45) is 1.74. The third-order valence-electron chi connectivity index (χ3n) is 5.99. The molecule has 3 aliphatic rings. The van der Waals surface area contributed by atoms with Gasteiger partial charge in [-0.3, -0.25) is 14.9 Å². The highest BCUT2D eigenvalue weighted by molar-refractivity contribution is 7.89. The van der Waals surface area contributed by atoms with Gasteiger partial charge in [-0.05, 0) is 44.2 Å². The van der Waals surface area contributed by atoms with E-state index >= 15 is 0 Å². The van der Waals surface area contributed by atoms with Gasteiger partial charge < -0.3 is 10.6 Å². The van der Waals surface area contributed by atoms with Crippen LogP contribution in [-0.2, 0) is 19.6 Å². The number of hydrogen-bond donors (Lipinski definition) is 3. The maximum Gasteiger partial charge on any atom is 0.322 e. The Hall–Kier alpha value is -2.46. The number of fused-ring (bicyclic) bond motifs is 1. The van der Waals surface area contributed by atoms with E-state index in [1.54, 1.807) is 24.3 Å². The van der Waals surface area contributed by atoms with Crippen LogP contribution in [-0.4, -0.2) is 55.2 Å². The molecule has 9 nitrogen and oxygen atoms in total. The van der Waals surface area contributed by atoms with Crippen molar-refractivity contribution in [3.05, 3.63) is 29.8 Å². The van der Waals surface area contributed by atoms with Crippen LogP contribution in [0.3, 0.4) is 0 Å². The van der Waals surface area contributed by atoms with Crippen LogP contribution in [0.4, 0.5) is 4.79 Å². The summed E-state index contributed by atoms with van der Waals surface area (Å²) in [5, 5.41) is 7.50. The summed E-state index contributed by atoms with van der Waals surface area (Å²) in [6, 6.07) is 4.65. The van der Waals surface area contributed by atoms with Gasteiger partial charge in [0, 0.05) is 25.0 Å². The number of nitrogens with one attached hydrogen (secondary N) is 3. The van der Waals surface area contributed by atoms with E-state index in [0.29, 0.717) is 13.0 Å². The van der Waals surface area contributed by atoms with Crippen LogP contribution in [0.25, 0.3) is 0 Å². The molecule has 2 heterocycles. The zero-order valence-electron chi connectivity index (χ0n) is 16.1. The number of rotatable bonds is 4. The number of urea groups is 1. The molecule has 1 aromatic rings. The molecule has 1 saturated carbocycles. The van der Waals surface area contributed by atoms with E-state index in [1.165, 1.54) is 4.31 Å². The molecule has 0 bridgehead atoms. The molecule has 2 aliphatic heterocycles. The zero-order valence-corrected chi connectivity index (χ0v) is 16.9. The molecule has 4 rings (SSSR count). The second-order valence-electron chi connectivity index (χ2n) is 7.93. The van der Waals surface area contributed by atoms with Crippen molar-refractivity contribution in [2.45, 2.75) is 55.6 Å². The topological polar surface area (TPSA) is 125 Å². The third-order valence-corrected chi connectivity index (χ3v) is 7.91. The summed E-state index contributed by atoms with van der Waals surface area (Å²) in [5.74, 6) is -0.599. The van der Waals surface area contributed by atoms with Gasteiger partial charge in [-0.25, -0.2) is 13.2 Å². The Bertz CT molecular complexity index is 946. The van der Waals surface area contributed by atoms with Crippen LogP contribution < -0.4 is 16.0 Å². The van der Waals surface area contributed by atoms with Gasteiger partial charge in [-0.15, -0.1) is 0 Å². The molecular formula is C19H24N4O5S. The molecule has 1 unspecified atom stereocenters. The fraction of sp³-hybridized carbons (Fsp3) is 0.526. The van der Waals surface area contributed by atoms with Crippen LogP contribution >= 0.6 is 0 Å². The summed E-state index contributed by atoms with van der Waals surface area (Å²) in [5.41, 5.74) is 0.982. The number of amides is 4. The van der Waals surface area contributed by atoms with Crippen molar-refractivity contribution in [1.82, 2.24) is 20.3 Å². The first-order valence-electron chi connectivity index (χ1n) is 9.75. The monoisotopic (exact) mass is 420 g/mol. The van der Waals surface area contributed by atoms with Gasteiger partial charge >= 0.3 is 6.03 Å². The minimum Gasteiger partial charge on any atom is -0.350 e. The van der Waals surface area contributed by atoms with Gasteiger partial charge in [0.15, 0.2) is 0 Å². The summed E-state index contributed by atoms with van der Waals surface area (Å²) >= 11 is 0. The van der Waals surface area contributed by atoms with Gasteiger partial charge in [-0.1, -0.05) is 17.7 Å². The van der Waals surface area contributed by atoms with Gasteiger partial charge in [0.1, 0.15) is 6.04 Å². The first-order valence-corrected chi connectivity index (χ1v) is 11.2. The molecular weight excluding hydrogens is 396 g/mol. The number of sulfonamides is 1. The number of nitrogens with zero attached hydrogens (tertiary/aromatic N) is 1. The van der Waals surface area contributed by atoms with Crippen LogP contribution in [0.15, 0.2) is 29.2 Å². The van der Waals surface area contributed by atoms with Gasteiger partial charge in [0.05, 0.1) is 4.90 Å². The fourth-order valence-electron chi connectivity index (χ4n) is 4.39. The third kappa shape index (κ3) is 3.74. The average Bonchev–Trinajstić information content (AvgIpc) is 2.90. The highest BCUT2D eigenvalue weighted by atomic mass is 32.2. The first-order chi connectivity index (χ1) is 13.8. The largest absolute Gasteiger partial charge is 0.350 e. The molecule has 3 N–H and O–H groups in total. The molecule has 1 aromatic carbocycles. The lowest BCUT2D eigenvalue weighted by molar-refractivity contribution is -0.125. The molecule has 10 heteroatoms. The SMILES string of the molecule is Cc1ccc(S(=O)(=O)N2CC[C@H]3C[C@@H](NC(=O)C4CCC(=O)NC(=O)N4)[C@H]32)cc1. The molecule has 3 fully saturated rings. The van der Waals surface area contributed by atoms with E-state index in [0.717, 1.165) is 12.0 Å². The van der Waals surface area contributed by atoms with Crippen LogP contribution in [0.2, 0.25) is 0 Å². The Morgan fingerprint density at radius 1 is 1.17 bits per heavy atom. The molecule has 0 spiro atoms. The summed E-state index contributed by atoms with van der Waals surface area (Å²) in [6.45, 7) is 2.33. The quantitative estimate of drug-likeness (QED) is 0.644. The van der Waals surface area contributed by atoms with E-state index < -0.39 is 33.9 Å². The van der Waals surface area contributed by atoms with E-state index in [-0.39, 0.29) is 35.7 Å². The van der Waals surface area contributed by atoms with Crippen LogP contribution in [0.5, 0.6) is 0 Å². The number of carbonyl (C=O) groups excluding carboxylic acids is 3. The summed E-state index contributed by atoms with van der Waals surface area (Å²) in [4.78, 5) is 35.9. The second-order valence-corrected chi connectivity index (χ2v) is 9.82. The lowest BCUT2D eigenvalue weighted by atomic mass is 9.75. The zero-order chi connectivity index (χ0) is 20.8. The molecule has 4 atom stereocenters. The number of hydrogen-bond acceptors (Lipinski definition) is 5. The first kappa shape index (κ1) is 19.8. The molecule has 29 heavy (non-hydrogen) atoms. The lowest BCUT2D eigenvalue weighted by Gasteiger charge is -2.44. The van der Waals surface area contributed by atoms with Gasteiger partial charge in [0.25, 0.3) is 0 Å². The highest BCUT2D eigenvalue weighted by Gasteiger charge is 2.53. The Balaban J connectivity index is 1.46. The maximum atomic E-state index is 13.1. The van der Waals surface area contributed by atoms with Crippen LogP contribution in [0, 0.1) is 12.8 Å². The predicted octanol–water partition coefficient (Wildman–Crippen LogP) is 0.251. The molecule has 2 saturated heterocycles. The Morgan fingerprint density at radius 2 is 1.90 bits per heavy atom. The average molecular weight is 420 g/mol. The summed E-state index contributed by atoms with van der Waals surface area (Å²) in [7, 11) is -3.64. The fourth-order valence-corrected chi connectivity index (χ4v) is 6.12. The van der Waals surface area contributed by atoms with Crippen LogP contribution in [0.1, 0.15) is 31.2 Å². The molecule has 156 valence electrons. The Morgan fingerprint density at radius 3 is 2.62 bits per heavy atom. The van der Waals surface area contributed by atoms with E-state index in [2.05, 4.69) is 16.0 Å². The highest BCUT2D eigenvalue weighted by Crippen LogP contribution is 2.43. The summed E-state index contributed by atoms with van der Waals surface area (Å²) < 4.78 is 27.7. The van der Waals surface area contributed by atoms with Crippen molar-refractivity contribution in [1.29, 1.82) is 0 Å². The van der Waals surface area contributed by atoms with Crippen molar-refractivity contribution < 1.29 is 22.8 Å².